The largest absolute Gasteiger partial charge is 0.356 e. The number of hydrogen-bond acceptors (Lipinski definition) is 5. The number of nitrogens with one attached hydrogen (secondary N) is 1. The van der Waals surface area contributed by atoms with E-state index in [2.05, 4.69) is 10.5 Å². The Morgan fingerprint density at radius 3 is 2.53 bits per heavy atom. The lowest BCUT2D eigenvalue weighted by molar-refractivity contribution is -0.122. The van der Waals surface area contributed by atoms with Gasteiger partial charge >= 0.3 is 0 Å². The van der Waals surface area contributed by atoms with Gasteiger partial charge in [-0.2, -0.15) is 0 Å². The first-order chi connectivity index (χ1) is 14.5. The summed E-state index contributed by atoms with van der Waals surface area (Å²) < 4.78 is 5.17. The average Bonchev–Trinajstić information content (AvgIpc) is 3.31. The third kappa shape index (κ3) is 5.38. The quantitative estimate of drug-likeness (QED) is 0.516. The lowest BCUT2D eigenvalue weighted by Gasteiger charge is -2.24. The highest BCUT2D eigenvalue weighted by atomic mass is 35.5. The Hall–Kier alpha value is -2.87. The number of carbonyl (C=O) groups is 2. The van der Waals surface area contributed by atoms with Gasteiger partial charge in [0, 0.05) is 30.4 Å². The third-order valence-corrected chi connectivity index (χ3v) is 4.78. The molecular formula is C21H20Cl2N4O3. The van der Waals surface area contributed by atoms with Gasteiger partial charge in [-0.3, -0.25) is 9.59 Å². The molecule has 0 aliphatic heterocycles. The second kappa shape index (κ2) is 10.2. The number of halogens is 2. The molecule has 0 saturated carbocycles. The van der Waals surface area contributed by atoms with Crippen molar-refractivity contribution in [3.63, 3.8) is 0 Å². The Kier molecular flexibility index (Phi) is 7.46. The van der Waals surface area contributed by atoms with E-state index in [-0.39, 0.29) is 19.0 Å². The Labute approximate surface area is 183 Å². The Morgan fingerprint density at radius 2 is 1.87 bits per heavy atom. The first-order valence-electron chi connectivity index (χ1n) is 9.16. The number of rotatable bonds is 8. The van der Waals surface area contributed by atoms with Gasteiger partial charge < -0.3 is 20.5 Å². The second-order valence-electron chi connectivity index (χ2n) is 6.40. The van der Waals surface area contributed by atoms with Crippen LogP contribution in [-0.2, 0) is 9.59 Å². The molecule has 0 fully saturated rings. The van der Waals surface area contributed by atoms with Gasteiger partial charge in [0.2, 0.25) is 5.91 Å². The van der Waals surface area contributed by atoms with Crippen LogP contribution in [-0.4, -0.2) is 34.9 Å². The van der Waals surface area contributed by atoms with E-state index in [4.69, 9.17) is 33.5 Å². The van der Waals surface area contributed by atoms with Crippen LogP contribution in [0.3, 0.4) is 0 Å². The molecule has 0 bridgehead atoms. The molecule has 156 valence electrons. The lowest BCUT2D eigenvalue weighted by atomic mass is 10.1. The van der Waals surface area contributed by atoms with Crippen LogP contribution in [0.5, 0.6) is 0 Å². The third-order valence-electron chi connectivity index (χ3n) is 4.41. The van der Waals surface area contributed by atoms with Gasteiger partial charge in [-0.1, -0.05) is 70.8 Å². The summed E-state index contributed by atoms with van der Waals surface area (Å²) in [6.45, 7) is 0.319. The predicted octanol–water partition coefficient (Wildman–Crippen LogP) is 3.29. The molecule has 0 spiro atoms. The monoisotopic (exact) mass is 446 g/mol. The molecule has 3 N–H and O–H groups in total. The molecule has 0 aliphatic rings. The van der Waals surface area contributed by atoms with E-state index >= 15 is 0 Å². The highest BCUT2D eigenvalue weighted by Crippen LogP contribution is 2.25. The highest BCUT2D eigenvalue weighted by Gasteiger charge is 2.23. The molecule has 0 radical (unpaired) electrons. The fraction of sp³-hybridized carbons (Fsp3) is 0.190. The molecule has 2 amide bonds. The molecule has 3 aromatic rings. The minimum atomic E-state index is -1.25. The molecule has 30 heavy (non-hydrogen) atoms. The smallest absolute Gasteiger partial charge is 0.260 e. The number of alkyl halides is 2. The minimum Gasteiger partial charge on any atom is -0.356 e. The Bertz CT molecular complexity index is 981. The Morgan fingerprint density at radius 1 is 1.10 bits per heavy atom. The number of anilines is 1. The fourth-order valence-corrected chi connectivity index (χ4v) is 3.12. The van der Waals surface area contributed by atoms with E-state index in [1.54, 1.807) is 36.4 Å². The van der Waals surface area contributed by atoms with Crippen molar-refractivity contribution >= 4 is 40.7 Å². The van der Waals surface area contributed by atoms with E-state index in [1.807, 2.05) is 24.3 Å². The van der Waals surface area contributed by atoms with Gasteiger partial charge in [-0.15, -0.1) is 0 Å². The SMILES string of the molecule is N[C@H](C(=O)NCCN(C(=O)C(Cl)Cl)c1cccc(-c2ccno2)c1)c1ccccc1. The first-order valence-corrected chi connectivity index (χ1v) is 10.0. The van der Waals surface area contributed by atoms with Gasteiger partial charge in [0.25, 0.3) is 5.91 Å². The normalized spacial score (nSPS) is 11.9. The predicted molar refractivity (Wildman–Crippen MR) is 116 cm³/mol. The van der Waals surface area contributed by atoms with Crippen LogP contribution in [0, 0.1) is 0 Å². The number of nitrogens with zero attached hydrogens (tertiary/aromatic N) is 2. The van der Waals surface area contributed by atoms with Crippen LogP contribution in [0.15, 0.2) is 71.4 Å². The minimum absolute atomic E-state index is 0.155. The number of benzene rings is 2. The van der Waals surface area contributed by atoms with Crippen molar-refractivity contribution in [3.8, 4) is 11.3 Å². The van der Waals surface area contributed by atoms with Gasteiger partial charge in [0.1, 0.15) is 6.04 Å². The van der Waals surface area contributed by atoms with Gasteiger partial charge in [0.15, 0.2) is 10.6 Å². The van der Waals surface area contributed by atoms with E-state index in [1.165, 1.54) is 11.1 Å². The fourth-order valence-electron chi connectivity index (χ4n) is 2.89. The van der Waals surface area contributed by atoms with Crippen LogP contribution in [0.4, 0.5) is 5.69 Å². The average molecular weight is 447 g/mol. The molecule has 3 rings (SSSR count). The summed E-state index contributed by atoms with van der Waals surface area (Å²) in [6, 6.07) is 17.0. The summed E-state index contributed by atoms with van der Waals surface area (Å²) in [7, 11) is 0. The van der Waals surface area contributed by atoms with Crippen molar-refractivity contribution < 1.29 is 14.1 Å². The molecule has 1 aromatic heterocycles. The summed E-state index contributed by atoms with van der Waals surface area (Å²) >= 11 is 11.6. The Balaban J connectivity index is 1.70. The first kappa shape index (κ1) is 21.8. The standard InChI is InChI=1S/C21H20Cl2N4O3/c22-19(23)21(29)27(16-8-4-7-15(13-16)17-9-10-26-30-17)12-11-25-20(28)18(24)14-5-2-1-3-6-14/h1-10,13,18-19H,11-12,24H2,(H,25,28)/t18-/m0/s1. The van der Waals surface area contributed by atoms with Gasteiger partial charge in [0.05, 0.1) is 6.20 Å². The zero-order valence-corrected chi connectivity index (χ0v) is 17.4. The van der Waals surface area contributed by atoms with Crippen molar-refractivity contribution in [3.05, 3.63) is 72.4 Å². The summed E-state index contributed by atoms with van der Waals surface area (Å²) in [5, 5.41) is 6.43. The van der Waals surface area contributed by atoms with E-state index in [0.29, 0.717) is 17.0 Å². The summed E-state index contributed by atoms with van der Waals surface area (Å²) in [4.78, 5) is 25.1. The number of hydrogen-bond donors (Lipinski definition) is 2. The summed E-state index contributed by atoms with van der Waals surface area (Å²) in [5.41, 5.74) is 7.99. The molecule has 7 nitrogen and oxygen atoms in total. The van der Waals surface area contributed by atoms with E-state index in [0.717, 1.165) is 5.56 Å². The molecule has 0 saturated heterocycles. The maximum Gasteiger partial charge on any atom is 0.260 e. The second-order valence-corrected chi connectivity index (χ2v) is 7.49. The van der Waals surface area contributed by atoms with Crippen molar-refractivity contribution in [2.75, 3.05) is 18.0 Å². The maximum absolute atomic E-state index is 12.6. The van der Waals surface area contributed by atoms with Crippen molar-refractivity contribution in [2.24, 2.45) is 5.73 Å². The van der Waals surface area contributed by atoms with Crippen LogP contribution in [0.25, 0.3) is 11.3 Å². The van der Waals surface area contributed by atoms with Crippen LogP contribution in [0.2, 0.25) is 0 Å². The van der Waals surface area contributed by atoms with Crippen LogP contribution in [0.1, 0.15) is 11.6 Å². The number of carbonyl (C=O) groups excluding carboxylic acids is 2. The van der Waals surface area contributed by atoms with Crippen LogP contribution >= 0.6 is 23.2 Å². The lowest BCUT2D eigenvalue weighted by Crippen LogP contribution is -2.43. The molecule has 1 atom stereocenters. The zero-order chi connectivity index (χ0) is 21.5. The van der Waals surface area contributed by atoms with Crippen molar-refractivity contribution in [1.29, 1.82) is 0 Å². The topological polar surface area (TPSA) is 101 Å². The van der Waals surface area contributed by atoms with Gasteiger partial charge in [-0.05, 0) is 17.7 Å². The zero-order valence-electron chi connectivity index (χ0n) is 15.9. The van der Waals surface area contributed by atoms with Crippen LogP contribution < -0.4 is 16.0 Å². The van der Waals surface area contributed by atoms with Crippen molar-refractivity contribution in [1.82, 2.24) is 10.5 Å². The van der Waals surface area contributed by atoms with E-state index in [9.17, 15) is 9.59 Å². The van der Waals surface area contributed by atoms with E-state index < -0.39 is 16.8 Å². The van der Waals surface area contributed by atoms with Gasteiger partial charge in [-0.25, -0.2) is 0 Å². The summed E-state index contributed by atoms with van der Waals surface area (Å²) in [6.07, 6.45) is 1.53. The summed E-state index contributed by atoms with van der Waals surface area (Å²) in [5.74, 6) is -0.299. The molecule has 1 heterocycles. The molecule has 0 unspecified atom stereocenters. The molecular weight excluding hydrogens is 427 g/mol. The maximum atomic E-state index is 12.6. The highest BCUT2D eigenvalue weighted by molar-refractivity contribution is 6.54. The number of nitrogens with two attached hydrogens (primary N) is 1. The number of amides is 2. The molecule has 9 heteroatoms. The number of aromatic nitrogens is 1. The van der Waals surface area contributed by atoms with Crippen molar-refractivity contribution in [2.45, 2.75) is 10.9 Å². The molecule has 2 aromatic carbocycles. The molecule has 0 aliphatic carbocycles.